The number of rotatable bonds is 0. The number of nitrogens with zero attached hydrogens (tertiary/aromatic N) is 1. The maximum atomic E-state index is 9.82. The average molecular weight is 199 g/mol. The molecule has 2 heteroatoms. The Morgan fingerprint density at radius 1 is 1.00 bits per heavy atom. The van der Waals surface area contributed by atoms with E-state index in [1.54, 1.807) is 0 Å². The Morgan fingerprint density at radius 3 is 2.60 bits per heavy atom. The minimum Gasteiger partial charge on any atom is -0.493 e. The summed E-state index contributed by atoms with van der Waals surface area (Å²) in [7, 11) is 0. The van der Waals surface area contributed by atoms with E-state index in [0.29, 0.717) is 0 Å². The molecule has 0 fully saturated rings. The second-order valence-electron chi connectivity index (χ2n) is 4.11. The quantitative estimate of drug-likeness (QED) is 0.707. The number of aryl methyl sites for hydroxylation is 2. The van der Waals surface area contributed by atoms with Crippen molar-refractivity contribution in [2.45, 2.75) is 25.7 Å². The van der Waals surface area contributed by atoms with Crippen LogP contribution in [0.2, 0.25) is 0 Å². The molecule has 1 heterocycles. The number of aromatic hydroxyl groups is 1. The molecule has 0 saturated heterocycles. The molecule has 0 aliphatic heterocycles. The summed E-state index contributed by atoms with van der Waals surface area (Å²) < 4.78 is 0. The highest BCUT2D eigenvalue weighted by atomic mass is 16.3. The van der Waals surface area contributed by atoms with Crippen LogP contribution in [0.25, 0.3) is 10.8 Å². The molecule has 1 aliphatic rings. The molecule has 1 N–H and O–H groups in total. The molecule has 2 aromatic rings. The van der Waals surface area contributed by atoms with E-state index >= 15 is 0 Å². The number of aromatic nitrogens is 1. The van der Waals surface area contributed by atoms with Crippen molar-refractivity contribution in [3.63, 3.8) is 0 Å². The third-order valence-corrected chi connectivity index (χ3v) is 3.17. The Labute approximate surface area is 88.6 Å². The Bertz CT molecular complexity index is 519. The summed E-state index contributed by atoms with van der Waals surface area (Å²) in [4.78, 5) is 4.30. The zero-order valence-electron chi connectivity index (χ0n) is 8.53. The Morgan fingerprint density at radius 2 is 1.73 bits per heavy atom. The third-order valence-electron chi connectivity index (χ3n) is 3.17. The van der Waals surface area contributed by atoms with Crippen molar-refractivity contribution in [2.75, 3.05) is 0 Å². The monoisotopic (exact) mass is 199 g/mol. The van der Waals surface area contributed by atoms with Gasteiger partial charge in [0.05, 0.1) is 0 Å². The minimum atomic E-state index is 0.186. The highest BCUT2D eigenvalue weighted by Gasteiger charge is 2.15. The lowest BCUT2D eigenvalue weighted by Crippen LogP contribution is -2.05. The van der Waals surface area contributed by atoms with Gasteiger partial charge in [-0.1, -0.05) is 18.2 Å². The molecule has 76 valence electrons. The van der Waals surface area contributed by atoms with Gasteiger partial charge in [-0.15, -0.1) is 0 Å². The molecule has 0 atom stereocenters. The summed E-state index contributed by atoms with van der Waals surface area (Å²) in [5.41, 5.74) is 2.44. The molecule has 0 saturated carbocycles. The smallest absolute Gasteiger partial charge is 0.219 e. The summed E-state index contributed by atoms with van der Waals surface area (Å²) in [6, 6.07) is 7.99. The third kappa shape index (κ3) is 1.29. The molecule has 15 heavy (non-hydrogen) atoms. The molecule has 1 aromatic carbocycles. The summed E-state index contributed by atoms with van der Waals surface area (Å²) >= 11 is 0. The van der Waals surface area contributed by atoms with Gasteiger partial charge in [0.1, 0.15) is 0 Å². The molecule has 2 nitrogen and oxygen atoms in total. The van der Waals surface area contributed by atoms with Crippen LogP contribution in [0, 0.1) is 0 Å². The van der Waals surface area contributed by atoms with Gasteiger partial charge in [0, 0.05) is 11.1 Å². The number of hydrogen-bond donors (Lipinski definition) is 1. The van der Waals surface area contributed by atoms with Crippen LogP contribution in [0.15, 0.2) is 24.3 Å². The first kappa shape index (κ1) is 8.72. The number of benzene rings is 1. The lowest BCUT2D eigenvalue weighted by atomic mass is 9.92. The normalized spacial score (nSPS) is 15.2. The average Bonchev–Trinajstić information content (AvgIpc) is 2.30. The summed E-state index contributed by atoms with van der Waals surface area (Å²) in [5, 5.41) is 11.9. The van der Waals surface area contributed by atoms with Crippen molar-refractivity contribution < 1.29 is 5.11 Å². The van der Waals surface area contributed by atoms with Crippen LogP contribution in [-0.4, -0.2) is 10.1 Å². The zero-order valence-corrected chi connectivity index (χ0v) is 8.53. The van der Waals surface area contributed by atoms with Gasteiger partial charge in [0.15, 0.2) is 0 Å². The van der Waals surface area contributed by atoms with Crippen molar-refractivity contribution in [1.82, 2.24) is 4.98 Å². The first-order chi connectivity index (χ1) is 7.36. The molecule has 1 aromatic heterocycles. The SMILES string of the molecule is Oc1nc2c(c3ccccc13)CCCC2. The van der Waals surface area contributed by atoms with E-state index in [4.69, 9.17) is 0 Å². The standard InChI is InChI=1S/C13H13NO/c15-13-11-7-2-1-5-9(11)10-6-3-4-8-12(10)14-13/h1-2,5,7H,3-4,6,8H2,(H,14,15). The predicted octanol–water partition coefficient (Wildman–Crippen LogP) is 2.82. The predicted molar refractivity (Wildman–Crippen MR) is 60.0 cm³/mol. The minimum absolute atomic E-state index is 0.186. The highest BCUT2D eigenvalue weighted by molar-refractivity contribution is 5.90. The number of pyridine rings is 1. The van der Waals surface area contributed by atoms with Gasteiger partial charge in [-0.2, -0.15) is 0 Å². The van der Waals surface area contributed by atoms with Crippen LogP contribution in [-0.2, 0) is 12.8 Å². The maximum Gasteiger partial charge on any atom is 0.219 e. The van der Waals surface area contributed by atoms with Crippen LogP contribution < -0.4 is 0 Å². The van der Waals surface area contributed by atoms with Gasteiger partial charge in [-0.05, 0) is 42.7 Å². The van der Waals surface area contributed by atoms with Gasteiger partial charge in [0.25, 0.3) is 0 Å². The highest BCUT2D eigenvalue weighted by Crippen LogP contribution is 2.31. The van der Waals surface area contributed by atoms with E-state index in [1.165, 1.54) is 23.8 Å². The molecule has 1 aliphatic carbocycles. The first-order valence-electron chi connectivity index (χ1n) is 5.46. The second kappa shape index (κ2) is 3.23. The molecule has 0 radical (unpaired) electrons. The van der Waals surface area contributed by atoms with Crippen molar-refractivity contribution in [1.29, 1.82) is 0 Å². The van der Waals surface area contributed by atoms with E-state index in [9.17, 15) is 5.11 Å². The van der Waals surface area contributed by atoms with Gasteiger partial charge in [-0.25, -0.2) is 4.98 Å². The van der Waals surface area contributed by atoms with Gasteiger partial charge in [0.2, 0.25) is 5.88 Å². The summed E-state index contributed by atoms with van der Waals surface area (Å²) in [6.45, 7) is 0. The molecule has 0 unspecified atom stereocenters. The van der Waals surface area contributed by atoms with Crippen molar-refractivity contribution >= 4 is 10.8 Å². The van der Waals surface area contributed by atoms with Crippen LogP contribution in [0.5, 0.6) is 5.88 Å². The topological polar surface area (TPSA) is 33.1 Å². The van der Waals surface area contributed by atoms with E-state index in [2.05, 4.69) is 11.1 Å². The zero-order chi connectivity index (χ0) is 10.3. The number of hydrogen-bond acceptors (Lipinski definition) is 2. The van der Waals surface area contributed by atoms with E-state index in [1.807, 2.05) is 18.2 Å². The van der Waals surface area contributed by atoms with Gasteiger partial charge >= 0.3 is 0 Å². The Balaban J connectivity index is 2.39. The van der Waals surface area contributed by atoms with Gasteiger partial charge in [-0.3, -0.25) is 0 Å². The largest absolute Gasteiger partial charge is 0.493 e. The van der Waals surface area contributed by atoms with E-state index in [0.717, 1.165) is 23.9 Å². The van der Waals surface area contributed by atoms with Crippen LogP contribution >= 0.6 is 0 Å². The molecule has 0 bridgehead atoms. The fourth-order valence-electron chi connectivity index (χ4n) is 2.43. The summed E-state index contributed by atoms with van der Waals surface area (Å²) in [5.74, 6) is 0.186. The second-order valence-corrected chi connectivity index (χ2v) is 4.11. The Kier molecular flexibility index (Phi) is 1.88. The van der Waals surface area contributed by atoms with Crippen LogP contribution in [0.4, 0.5) is 0 Å². The first-order valence-corrected chi connectivity index (χ1v) is 5.46. The molecule has 3 rings (SSSR count). The lowest BCUT2D eigenvalue weighted by Gasteiger charge is -2.17. The van der Waals surface area contributed by atoms with Crippen molar-refractivity contribution in [3.8, 4) is 5.88 Å². The Hall–Kier alpha value is -1.57. The van der Waals surface area contributed by atoms with Crippen molar-refractivity contribution in [3.05, 3.63) is 35.5 Å². The van der Waals surface area contributed by atoms with E-state index in [-0.39, 0.29) is 5.88 Å². The fraction of sp³-hybridized carbons (Fsp3) is 0.308. The maximum absolute atomic E-state index is 9.82. The number of fused-ring (bicyclic) bond motifs is 3. The van der Waals surface area contributed by atoms with Crippen LogP contribution in [0.1, 0.15) is 24.1 Å². The fourth-order valence-corrected chi connectivity index (χ4v) is 2.43. The van der Waals surface area contributed by atoms with Gasteiger partial charge < -0.3 is 5.11 Å². The molecular weight excluding hydrogens is 186 g/mol. The van der Waals surface area contributed by atoms with Crippen LogP contribution in [0.3, 0.4) is 0 Å². The van der Waals surface area contributed by atoms with Crippen molar-refractivity contribution in [2.24, 2.45) is 0 Å². The molecule has 0 amide bonds. The van der Waals surface area contributed by atoms with E-state index < -0.39 is 0 Å². The molecule has 0 spiro atoms. The lowest BCUT2D eigenvalue weighted by molar-refractivity contribution is 0.455. The summed E-state index contributed by atoms with van der Waals surface area (Å²) in [6.07, 6.45) is 4.54. The molecular formula is C13H13NO.